The number of hydrogen-bond acceptors (Lipinski definition) is 6. The van der Waals surface area contributed by atoms with Crippen LogP contribution >= 0.6 is 0 Å². The number of ether oxygens (including phenoxy) is 1. The minimum Gasteiger partial charge on any atom is -0.467 e. The third kappa shape index (κ3) is 5.80. The van der Waals surface area contributed by atoms with Crippen molar-refractivity contribution in [2.45, 2.75) is 31.8 Å². The molecule has 0 aliphatic carbocycles. The Labute approximate surface area is 216 Å². The Kier molecular flexibility index (Phi) is 7.44. The van der Waals surface area contributed by atoms with Crippen LogP contribution in [-0.4, -0.2) is 52.7 Å². The molecule has 1 saturated heterocycles. The zero-order valence-corrected chi connectivity index (χ0v) is 20.9. The minimum absolute atomic E-state index is 0.116. The van der Waals surface area contributed by atoms with Crippen LogP contribution in [0, 0.1) is 5.92 Å². The van der Waals surface area contributed by atoms with Crippen molar-refractivity contribution in [3.63, 3.8) is 0 Å². The van der Waals surface area contributed by atoms with Crippen molar-refractivity contribution in [3.8, 4) is 0 Å². The van der Waals surface area contributed by atoms with Crippen LogP contribution < -0.4 is 10.2 Å². The third-order valence-corrected chi connectivity index (χ3v) is 6.96. The molecule has 1 aliphatic rings. The molecule has 1 atom stereocenters. The van der Waals surface area contributed by atoms with Gasteiger partial charge >= 0.3 is 5.97 Å². The lowest BCUT2D eigenvalue weighted by Crippen LogP contribution is -2.48. The summed E-state index contributed by atoms with van der Waals surface area (Å²) in [5, 5.41) is 5.20. The van der Waals surface area contributed by atoms with Gasteiger partial charge in [0.2, 0.25) is 5.91 Å². The highest BCUT2D eigenvalue weighted by molar-refractivity contribution is 5.93. The van der Waals surface area contributed by atoms with Crippen molar-refractivity contribution < 1.29 is 14.3 Å². The fraction of sp³-hybridized carbons (Fsp3) is 0.310. The number of hydrogen-bond donors (Lipinski definition) is 1. The van der Waals surface area contributed by atoms with Gasteiger partial charge in [-0.1, -0.05) is 54.6 Å². The molecule has 3 heterocycles. The molecule has 1 fully saturated rings. The molecule has 0 bridgehead atoms. The number of carbonyl (C=O) groups is 2. The number of benzene rings is 2. The summed E-state index contributed by atoms with van der Waals surface area (Å²) in [6, 6.07) is 17.5. The van der Waals surface area contributed by atoms with Crippen LogP contribution in [0.1, 0.15) is 24.1 Å². The normalized spacial score (nSPS) is 14.9. The fourth-order valence-electron chi connectivity index (χ4n) is 4.96. The number of anilines is 1. The van der Waals surface area contributed by atoms with Crippen LogP contribution in [0.25, 0.3) is 10.8 Å². The van der Waals surface area contributed by atoms with Gasteiger partial charge in [0.05, 0.1) is 31.0 Å². The van der Waals surface area contributed by atoms with Gasteiger partial charge in [0.1, 0.15) is 6.04 Å². The fourth-order valence-corrected chi connectivity index (χ4v) is 4.96. The Balaban J connectivity index is 1.19. The highest BCUT2D eigenvalue weighted by atomic mass is 16.5. The van der Waals surface area contributed by atoms with Gasteiger partial charge < -0.3 is 19.5 Å². The summed E-state index contributed by atoms with van der Waals surface area (Å²) in [5.74, 6) is -0.748. The van der Waals surface area contributed by atoms with E-state index in [-0.39, 0.29) is 18.2 Å². The number of methoxy groups -OCH3 is 1. The van der Waals surface area contributed by atoms with Crippen molar-refractivity contribution in [2.75, 3.05) is 25.1 Å². The number of piperidine rings is 1. The molecule has 4 aromatic rings. The number of nitrogens with one attached hydrogen (secondary N) is 1. The van der Waals surface area contributed by atoms with E-state index < -0.39 is 12.0 Å². The molecule has 2 aromatic heterocycles. The summed E-state index contributed by atoms with van der Waals surface area (Å²) in [5.41, 5.74) is 2.98. The monoisotopic (exact) mass is 497 g/mol. The molecule has 1 unspecified atom stereocenters. The van der Waals surface area contributed by atoms with E-state index in [2.05, 4.69) is 44.5 Å². The molecule has 1 amide bonds. The average molecular weight is 498 g/mol. The molecule has 37 heavy (non-hydrogen) atoms. The van der Waals surface area contributed by atoms with Crippen molar-refractivity contribution >= 4 is 28.3 Å². The Morgan fingerprint density at radius 3 is 2.59 bits per heavy atom. The maximum atomic E-state index is 13.1. The molecule has 5 rings (SSSR count). The van der Waals surface area contributed by atoms with Gasteiger partial charge in [-0.15, -0.1) is 0 Å². The van der Waals surface area contributed by atoms with Crippen LogP contribution in [-0.2, 0) is 27.3 Å². The van der Waals surface area contributed by atoms with E-state index in [9.17, 15) is 9.59 Å². The third-order valence-electron chi connectivity index (χ3n) is 6.96. The molecule has 8 heteroatoms. The summed E-state index contributed by atoms with van der Waals surface area (Å²) in [6.45, 7) is 2.19. The highest BCUT2D eigenvalue weighted by Gasteiger charge is 2.30. The van der Waals surface area contributed by atoms with E-state index >= 15 is 0 Å². The number of pyridine rings is 1. The summed E-state index contributed by atoms with van der Waals surface area (Å²) >= 11 is 0. The number of nitrogens with zero attached hydrogens (tertiary/aromatic N) is 4. The van der Waals surface area contributed by atoms with Gasteiger partial charge in [-0.3, -0.25) is 9.78 Å². The molecule has 1 N–H and O–H groups in total. The van der Waals surface area contributed by atoms with E-state index in [1.165, 1.54) is 7.11 Å². The first-order valence-corrected chi connectivity index (χ1v) is 12.6. The standard InChI is InChI=1S/C29H31N5O3/c1-37-29(36)26(15-24-19-33(20-31-24)18-21-7-3-2-4-8-21)32-28(35)22-11-13-34(14-12-22)27-17-30-16-23-9-5-6-10-25(23)27/h2-10,16-17,19-20,22,26H,11-15,18H2,1H3,(H,32,35). The highest BCUT2D eigenvalue weighted by Crippen LogP contribution is 2.29. The SMILES string of the molecule is COC(=O)C(Cc1cn(Cc2ccccc2)cn1)NC(=O)C1CCN(c2cncc3ccccc23)CC1. The summed E-state index contributed by atoms with van der Waals surface area (Å²) in [7, 11) is 1.34. The predicted octanol–water partition coefficient (Wildman–Crippen LogP) is 3.60. The maximum Gasteiger partial charge on any atom is 0.328 e. The van der Waals surface area contributed by atoms with Crippen molar-refractivity contribution in [3.05, 3.63) is 90.8 Å². The molecule has 0 radical (unpaired) electrons. The van der Waals surface area contributed by atoms with E-state index in [0.717, 1.165) is 40.8 Å². The predicted molar refractivity (Wildman–Crippen MR) is 142 cm³/mol. The number of imidazole rings is 1. The van der Waals surface area contributed by atoms with Gasteiger partial charge in [0.25, 0.3) is 0 Å². The van der Waals surface area contributed by atoms with Gasteiger partial charge in [-0.05, 0) is 18.4 Å². The Morgan fingerprint density at radius 1 is 1.05 bits per heavy atom. The van der Waals surface area contributed by atoms with Crippen LogP contribution in [0.15, 0.2) is 79.5 Å². The number of aromatic nitrogens is 3. The molecule has 0 spiro atoms. The zero-order valence-electron chi connectivity index (χ0n) is 20.9. The van der Waals surface area contributed by atoms with Crippen LogP contribution in [0.2, 0.25) is 0 Å². The maximum absolute atomic E-state index is 13.1. The van der Waals surface area contributed by atoms with Gasteiger partial charge in [-0.25, -0.2) is 9.78 Å². The second-order valence-corrected chi connectivity index (χ2v) is 9.45. The summed E-state index contributed by atoms with van der Waals surface area (Å²) in [6.07, 6.45) is 9.11. The number of amides is 1. The molecule has 190 valence electrons. The van der Waals surface area contributed by atoms with Gasteiger partial charge in [0, 0.05) is 55.1 Å². The number of fused-ring (bicyclic) bond motifs is 1. The first-order chi connectivity index (χ1) is 18.1. The van der Waals surface area contributed by atoms with E-state index in [4.69, 9.17) is 4.74 Å². The molecule has 0 saturated carbocycles. The zero-order chi connectivity index (χ0) is 25.6. The van der Waals surface area contributed by atoms with Gasteiger partial charge in [0.15, 0.2) is 0 Å². The lowest BCUT2D eigenvalue weighted by atomic mass is 9.94. The smallest absolute Gasteiger partial charge is 0.328 e. The molecular weight excluding hydrogens is 466 g/mol. The van der Waals surface area contributed by atoms with Crippen LogP contribution in [0.4, 0.5) is 5.69 Å². The van der Waals surface area contributed by atoms with Crippen molar-refractivity contribution in [2.24, 2.45) is 5.92 Å². The minimum atomic E-state index is -0.780. The lowest BCUT2D eigenvalue weighted by molar-refractivity contribution is -0.145. The Morgan fingerprint density at radius 2 is 1.81 bits per heavy atom. The second kappa shape index (κ2) is 11.2. The quantitative estimate of drug-likeness (QED) is 0.374. The molecule has 8 nitrogen and oxygen atoms in total. The van der Waals surface area contributed by atoms with Gasteiger partial charge in [-0.2, -0.15) is 0 Å². The molecular formula is C29H31N5O3. The second-order valence-electron chi connectivity index (χ2n) is 9.45. The van der Waals surface area contributed by atoms with Crippen molar-refractivity contribution in [1.29, 1.82) is 0 Å². The first kappa shape index (κ1) is 24.5. The number of carbonyl (C=O) groups excluding carboxylic acids is 2. The van der Waals surface area contributed by atoms with Crippen LogP contribution in [0.5, 0.6) is 0 Å². The topological polar surface area (TPSA) is 89.3 Å². The lowest BCUT2D eigenvalue weighted by Gasteiger charge is -2.34. The number of rotatable bonds is 8. The summed E-state index contributed by atoms with van der Waals surface area (Å²) < 4.78 is 6.96. The molecule has 2 aromatic carbocycles. The van der Waals surface area contributed by atoms with E-state index in [1.54, 1.807) is 6.33 Å². The van der Waals surface area contributed by atoms with Crippen LogP contribution in [0.3, 0.4) is 0 Å². The largest absolute Gasteiger partial charge is 0.467 e. The summed E-state index contributed by atoms with van der Waals surface area (Å²) in [4.78, 5) is 36.8. The number of esters is 1. The molecule has 1 aliphatic heterocycles. The van der Waals surface area contributed by atoms with Crippen molar-refractivity contribution in [1.82, 2.24) is 19.9 Å². The average Bonchev–Trinajstić information content (AvgIpc) is 3.39. The van der Waals surface area contributed by atoms with E-state index in [1.807, 2.05) is 53.5 Å². The van der Waals surface area contributed by atoms with E-state index in [0.29, 0.717) is 19.4 Å². The first-order valence-electron chi connectivity index (χ1n) is 12.6. The Hall–Kier alpha value is -4.20. The Bertz CT molecular complexity index is 1360.